The number of hydrogen-bond donors (Lipinski definition) is 3. The standard InChI is InChI=1S/C20H33N5O/c1-5-21-20(22-13-15(4)25(6-2)7-3)23-14-16-12-19(26)24-18-11-9-8-10-17(16)18/h8-11,15-16H,5-7,12-14H2,1-4H3,(H,24,26)(H2,21,22,23). The molecule has 2 unspecified atom stereocenters. The second kappa shape index (κ2) is 10.2. The van der Waals surface area contributed by atoms with E-state index in [2.05, 4.69) is 54.6 Å². The van der Waals surface area contributed by atoms with Crippen molar-refractivity contribution < 1.29 is 4.79 Å². The van der Waals surface area contributed by atoms with E-state index in [1.54, 1.807) is 0 Å². The predicted octanol–water partition coefficient (Wildman–Crippen LogP) is 2.40. The molecular weight excluding hydrogens is 326 g/mol. The average molecular weight is 360 g/mol. The van der Waals surface area contributed by atoms with Crippen LogP contribution in [-0.2, 0) is 4.79 Å². The summed E-state index contributed by atoms with van der Waals surface area (Å²) in [6.07, 6.45) is 0.499. The highest BCUT2D eigenvalue weighted by atomic mass is 16.1. The van der Waals surface area contributed by atoms with Gasteiger partial charge in [-0.25, -0.2) is 0 Å². The van der Waals surface area contributed by atoms with Gasteiger partial charge in [-0.3, -0.25) is 14.7 Å². The fourth-order valence-corrected chi connectivity index (χ4v) is 3.43. The lowest BCUT2D eigenvalue weighted by atomic mass is 9.90. The normalized spacial score (nSPS) is 18.3. The van der Waals surface area contributed by atoms with Gasteiger partial charge in [-0.05, 0) is 38.6 Å². The largest absolute Gasteiger partial charge is 0.357 e. The number of carbonyl (C=O) groups excluding carboxylic acids is 1. The third kappa shape index (κ3) is 5.46. The molecule has 0 aliphatic carbocycles. The van der Waals surface area contributed by atoms with Crippen LogP contribution in [0.2, 0.25) is 0 Å². The van der Waals surface area contributed by atoms with Crippen molar-refractivity contribution in [3.8, 4) is 0 Å². The molecule has 1 heterocycles. The van der Waals surface area contributed by atoms with Crippen LogP contribution in [0.15, 0.2) is 29.3 Å². The quantitative estimate of drug-likeness (QED) is 0.492. The molecule has 0 bridgehead atoms. The van der Waals surface area contributed by atoms with Crippen LogP contribution in [0.3, 0.4) is 0 Å². The summed E-state index contributed by atoms with van der Waals surface area (Å²) in [4.78, 5) is 19.1. The Morgan fingerprint density at radius 1 is 1.27 bits per heavy atom. The van der Waals surface area contributed by atoms with Crippen molar-refractivity contribution >= 4 is 17.6 Å². The van der Waals surface area contributed by atoms with Gasteiger partial charge in [-0.2, -0.15) is 0 Å². The Balaban J connectivity index is 2.00. The molecule has 1 amide bonds. The maximum Gasteiger partial charge on any atom is 0.225 e. The molecule has 0 saturated carbocycles. The Hall–Kier alpha value is -2.08. The zero-order chi connectivity index (χ0) is 18.9. The van der Waals surface area contributed by atoms with Gasteiger partial charge in [0.25, 0.3) is 0 Å². The minimum Gasteiger partial charge on any atom is -0.357 e. The summed E-state index contributed by atoms with van der Waals surface area (Å²) in [6.45, 7) is 13.0. The first kappa shape index (κ1) is 20.2. The third-order valence-electron chi connectivity index (χ3n) is 4.92. The number of fused-ring (bicyclic) bond motifs is 1. The molecule has 1 aliphatic heterocycles. The molecule has 1 aromatic carbocycles. The van der Waals surface area contributed by atoms with Crippen molar-refractivity contribution in [1.82, 2.24) is 15.5 Å². The number of guanidine groups is 1. The van der Waals surface area contributed by atoms with E-state index in [0.29, 0.717) is 19.0 Å². The van der Waals surface area contributed by atoms with Crippen molar-refractivity contribution in [2.24, 2.45) is 4.99 Å². The lowest BCUT2D eigenvalue weighted by Gasteiger charge is -2.27. The fraction of sp³-hybridized carbons (Fsp3) is 0.600. The summed E-state index contributed by atoms with van der Waals surface area (Å²) in [5.41, 5.74) is 2.11. The predicted molar refractivity (Wildman–Crippen MR) is 109 cm³/mol. The smallest absolute Gasteiger partial charge is 0.225 e. The molecule has 3 N–H and O–H groups in total. The zero-order valence-corrected chi connectivity index (χ0v) is 16.5. The molecule has 26 heavy (non-hydrogen) atoms. The van der Waals surface area contributed by atoms with Gasteiger partial charge in [-0.1, -0.05) is 32.0 Å². The summed E-state index contributed by atoms with van der Waals surface area (Å²) in [5, 5.41) is 9.68. The minimum atomic E-state index is 0.0765. The lowest BCUT2D eigenvalue weighted by molar-refractivity contribution is -0.116. The second-order valence-electron chi connectivity index (χ2n) is 6.71. The fourth-order valence-electron chi connectivity index (χ4n) is 3.43. The van der Waals surface area contributed by atoms with Gasteiger partial charge >= 0.3 is 0 Å². The van der Waals surface area contributed by atoms with Crippen molar-refractivity contribution in [3.63, 3.8) is 0 Å². The Morgan fingerprint density at radius 3 is 2.69 bits per heavy atom. The van der Waals surface area contributed by atoms with Crippen molar-refractivity contribution in [3.05, 3.63) is 29.8 Å². The lowest BCUT2D eigenvalue weighted by Crippen LogP contribution is -2.42. The van der Waals surface area contributed by atoms with Crippen LogP contribution in [0.5, 0.6) is 0 Å². The van der Waals surface area contributed by atoms with Crippen LogP contribution in [-0.4, -0.2) is 55.5 Å². The van der Waals surface area contributed by atoms with Gasteiger partial charge in [-0.15, -0.1) is 0 Å². The number of hydrogen-bond acceptors (Lipinski definition) is 3. The van der Waals surface area contributed by atoms with E-state index in [1.807, 2.05) is 18.2 Å². The summed E-state index contributed by atoms with van der Waals surface area (Å²) >= 11 is 0. The van der Waals surface area contributed by atoms with E-state index in [0.717, 1.165) is 37.8 Å². The molecule has 0 radical (unpaired) electrons. The van der Waals surface area contributed by atoms with Crippen LogP contribution in [0.1, 0.15) is 45.6 Å². The number of benzene rings is 1. The summed E-state index contributed by atoms with van der Waals surface area (Å²) in [7, 11) is 0. The Bertz CT molecular complexity index is 612. The molecule has 0 spiro atoms. The topological polar surface area (TPSA) is 68.8 Å². The highest BCUT2D eigenvalue weighted by Crippen LogP contribution is 2.31. The molecule has 1 aliphatic rings. The molecule has 2 atom stereocenters. The number of para-hydroxylation sites is 1. The number of nitrogens with zero attached hydrogens (tertiary/aromatic N) is 2. The van der Waals surface area contributed by atoms with Gasteiger partial charge < -0.3 is 16.0 Å². The van der Waals surface area contributed by atoms with E-state index >= 15 is 0 Å². The van der Waals surface area contributed by atoms with Crippen LogP contribution in [0.25, 0.3) is 0 Å². The molecule has 1 aromatic rings. The number of rotatable bonds is 8. The minimum absolute atomic E-state index is 0.0765. The van der Waals surface area contributed by atoms with Crippen LogP contribution in [0, 0.1) is 0 Å². The maximum absolute atomic E-state index is 12.0. The number of aliphatic imine (C=N–C) groups is 1. The van der Waals surface area contributed by atoms with E-state index in [4.69, 9.17) is 4.99 Å². The number of likely N-dealkylation sites (N-methyl/N-ethyl adjacent to an activating group) is 1. The molecule has 144 valence electrons. The monoisotopic (exact) mass is 359 g/mol. The van der Waals surface area contributed by atoms with Crippen molar-refractivity contribution in [2.45, 2.75) is 46.1 Å². The summed E-state index contributed by atoms with van der Waals surface area (Å²) in [5.74, 6) is 1.05. The van der Waals surface area contributed by atoms with Crippen LogP contribution >= 0.6 is 0 Å². The Labute approximate surface area is 157 Å². The zero-order valence-electron chi connectivity index (χ0n) is 16.5. The number of carbonyl (C=O) groups is 1. The molecule has 6 nitrogen and oxygen atoms in total. The molecular formula is C20H33N5O. The van der Waals surface area contributed by atoms with Crippen molar-refractivity contribution in [2.75, 3.05) is 38.0 Å². The first-order valence-electron chi connectivity index (χ1n) is 9.73. The number of anilines is 1. The Kier molecular flexibility index (Phi) is 7.91. The van der Waals surface area contributed by atoms with E-state index in [9.17, 15) is 4.79 Å². The first-order chi connectivity index (χ1) is 12.6. The van der Waals surface area contributed by atoms with Crippen molar-refractivity contribution in [1.29, 1.82) is 0 Å². The third-order valence-corrected chi connectivity index (χ3v) is 4.92. The van der Waals surface area contributed by atoms with Gasteiger partial charge in [0.15, 0.2) is 5.96 Å². The average Bonchev–Trinajstić information content (AvgIpc) is 2.64. The molecule has 0 fully saturated rings. The van der Waals surface area contributed by atoms with Gasteiger partial charge in [0, 0.05) is 37.2 Å². The highest BCUT2D eigenvalue weighted by Gasteiger charge is 2.24. The molecule has 0 aromatic heterocycles. The number of amides is 1. The summed E-state index contributed by atoms with van der Waals surface area (Å²) < 4.78 is 0. The van der Waals surface area contributed by atoms with Gasteiger partial charge in [0.2, 0.25) is 5.91 Å². The molecule has 6 heteroatoms. The molecule has 2 rings (SSSR count). The maximum atomic E-state index is 12.0. The summed E-state index contributed by atoms with van der Waals surface area (Å²) in [6, 6.07) is 8.43. The second-order valence-corrected chi connectivity index (χ2v) is 6.71. The SMILES string of the molecule is CCNC(=NCC(C)N(CC)CC)NCC1CC(=O)Nc2ccccc21. The highest BCUT2D eigenvalue weighted by molar-refractivity contribution is 5.94. The first-order valence-corrected chi connectivity index (χ1v) is 9.73. The van der Waals surface area contributed by atoms with E-state index in [-0.39, 0.29) is 11.8 Å². The van der Waals surface area contributed by atoms with Gasteiger partial charge in [0.05, 0.1) is 6.54 Å². The van der Waals surface area contributed by atoms with Crippen LogP contribution < -0.4 is 16.0 Å². The molecule has 0 saturated heterocycles. The van der Waals surface area contributed by atoms with Crippen LogP contribution in [0.4, 0.5) is 5.69 Å². The van der Waals surface area contributed by atoms with E-state index in [1.165, 1.54) is 5.56 Å². The van der Waals surface area contributed by atoms with Gasteiger partial charge in [0.1, 0.15) is 0 Å². The van der Waals surface area contributed by atoms with E-state index < -0.39 is 0 Å². The Morgan fingerprint density at radius 2 is 2.00 bits per heavy atom. The number of nitrogens with one attached hydrogen (secondary N) is 3.